The maximum Gasteiger partial charge on any atom is 0.0795 e. The van der Waals surface area contributed by atoms with E-state index in [2.05, 4.69) is 23.4 Å². The van der Waals surface area contributed by atoms with E-state index in [0.29, 0.717) is 0 Å². The second-order valence-corrected chi connectivity index (χ2v) is 5.12. The summed E-state index contributed by atoms with van der Waals surface area (Å²) in [5.74, 6) is 0. The van der Waals surface area contributed by atoms with Crippen LogP contribution in [0.5, 0.6) is 0 Å². The van der Waals surface area contributed by atoms with Gasteiger partial charge in [-0.3, -0.25) is 0 Å². The number of aryl methyl sites for hydroxylation is 1. The summed E-state index contributed by atoms with van der Waals surface area (Å²) in [5.41, 5.74) is 10.2. The van der Waals surface area contributed by atoms with Crippen LogP contribution in [0.1, 0.15) is 22.2 Å². The van der Waals surface area contributed by atoms with Gasteiger partial charge in [0.05, 0.1) is 17.2 Å². The van der Waals surface area contributed by atoms with Gasteiger partial charge in [0.2, 0.25) is 0 Å². The van der Waals surface area contributed by atoms with Gasteiger partial charge in [0.1, 0.15) is 0 Å². The maximum atomic E-state index is 6.03. The van der Waals surface area contributed by atoms with Crippen LogP contribution >= 0.6 is 22.7 Å². The normalized spacial score (nSPS) is 13.0. The van der Waals surface area contributed by atoms with Crippen molar-refractivity contribution >= 4 is 22.7 Å². The number of hydrogen-bond acceptors (Lipinski definition) is 4. The van der Waals surface area contributed by atoms with Crippen LogP contribution in [-0.4, -0.2) is 4.98 Å². The molecule has 0 bridgehead atoms. The Morgan fingerprint density at radius 1 is 1.50 bits per heavy atom. The molecular weight excluding hydrogens is 212 g/mol. The molecule has 2 rings (SSSR count). The lowest BCUT2D eigenvalue weighted by atomic mass is 10.1. The van der Waals surface area contributed by atoms with Gasteiger partial charge in [-0.15, -0.1) is 22.7 Å². The van der Waals surface area contributed by atoms with Crippen molar-refractivity contribution in [3.8, 4) is 0 Å². The monoisotopic (exact) mass is 224 g/mol. The highest BCUT2D eigenvalue weighted by Gasteiger charge is 2.09. The quantitative estimate of drug-likeness (QED) is 0.870. The molecule has 0 aliphatic heterocycles. The van der Waals surface area contributed by atoms with E-state index in [1.54, 1.807) is 22.7 Å². The summed E-state index contributed by atoms with van der Waals surface area (Å²) >= 11 is 3.37. The van der Waals surface area contributed by atoms with Crippen molar-refractivity contribution in [1.82, 2.24) is 4.98 Å². The van der Waals surface area contributed by atoms with Gasteiger partial charge < -0.3 is 5.73 Å². The van der Waals surface area contributed by atoms with Crippen LogP contribution in [0.15, 0.2) is 22.3 Å². The van der Waals surface area contributed by atoms with E-state index in [9.17, 15) is 0 Å². The first-order valence-corrected chi connectivity index (χ1v) is 6.25. The van der Waals surface area contributed by atoms with Gasteiger partial charge in [-0.05, 0) is 30.4 Å². The lowest BCUT2D eigenvalue weighted by molar-refractivity contribution is 0.703. The summed E-state index contributed by atoms with van der Waals surface area (Å²) < 4.78 is 0. The number of hydrogen-bond donors (Lipinski definition) is 1. The van der Waals surface area contributed by atoms with Gasteiger partial charge in [-0.1, -0.05) is 0 Å². The number of thiazole rings is 1. The predicted molar refractivity (Wildman–Crippen MR) is 61.8 cm³/mol. The SMILES string of the molecule is Cc1cc(CC(N)c2cscn2)cs1. The fourth-order valence-electron chi connectivity index (χ4n) is 1.37. The Morgan fingerprint density at radius 2 is 2.36 bits per heavy atom. The standard InChI is InChI=1S/C10H12N2S2/c1-7-2-8(4-14-7)3-9(11)10-5-13-6-12-10/h2,4-6,9H,3,11H2,1H3. The molecule has 2 heterocycles. The first-order valence-electron chi connectivity index (χ1n) is 4.43. The lowest BCUT2D eigenvalue weighted by Gasteiger charge is -2.06. The number of nitrogens with zero attached hydrogens (tertiary/aromatic N) is 1. The molecule has 0 radical (unpaired) electrons. The Morgan fingerprint density at radius 3 is 2.93 bits per heavy atom. The zero-order chi connectivity index (χ0) is 9.97. The third kappa shape index (κ3) is 2.20. The van der Waals surface area contributed by atoms with Gasteiger partial charge in [-0.25, -0.2) is 4.98 Å². The summed E-state index contributed by atoms with van der Waals surface area (Å²) in [4.78, 5) is 5.55. The van der Waals surface area contributed by atoms with Gasteiger partial charge in [0, 0.05) is 10.3 Å². The summed E-state index contributed by atoms with van der Waals surface area (Å²) in [7, 11) is 0. The molecule has 1 atom stereocenters. The van der Waals surface area contributed by atoms with Crippen molar-refractivity contribution in [1.29, 1.82) is 0 Å². The highest BCUT2D eigenvalue weighted by Crippen LogP contribution is 2.20. The molecule has 0 spiro atoms. The fraction of sp³-hybridized carbons (Fsp3) is 0.300. The van der Waals surface area contributed by atoms with Crippen molar-refractivity contribution in [2.45, 2.75) is 19.4 Å². The molecule has 1 unspecified atom stereocenters. The highest BCUT2D eigenvalue weighted by molar-refractivity contribution is 7.10. The first kappa shape index (κ1) is 9.83. The van der Waals surface area contributed by atoms with E-state index in [-0.39, 0.29) is 6.04 Å². The predicted octanol–water partition coefficient (Wildman–Crippen LogP) is 2.76. The summed E-state index contributed by atoms with van der Waals surface area (Å²) in [6.07, 6.45) is 0.883. The van der Waals surface area contributed by atoms with E-state index in [1.807, 2.05) is 10.9 Å². The van der Waals surface area contributed by atoms with E-state index >= 15 is 0 Å². The topological polar surface area (TPSA) is 38.9 Å². The van der Waals surface area contributed by atoms with Crippen LogP contribution in [0.25, 0.3) is 0 Å². The third-order valence-electron chi connectivity index (χ3n) is 2.07. The van der Waals surface area contributed by atoms with Crippen LogP contribution < -0.4 is 5.73 Å². The Balaban J connectivity index is 2.05. The van der Waals surface area contributed by atoms with Gasteiger partial charge in [-0.2, -0.15) is 0 Å². The van der Waals surface area contributed by atoms with E-state index in [4.69, 9.17) is 5.73 Å². The zero-order valence-electron chi connectivity index (χ0n) is 7.93. The maximum absolute atomic E-state index is 6.03. The molecule has 0 amide bonds. The van der Waals surface area contributed by atoms with E-state index in [0.717, 1.165) is 12.1 Å². The van der Waals surface area contributed by atoms with Crippen LogP contribution in [0.4, 0.5) is 0 Å². The Kier molecular flexibility index (Phi) is 2.96. The summed E-state index contributed by atoms with van der Waals surface area (Å²) in [5, 5.41) is 4.19. The number of thiophene rings is 1. The zero-order valence-corrected chi connectivity index (χ0v) is 9.57. The van der Waals surface area contributed by atoms with Crippen molar-refractivity contribution in [2.24, 2.45) is 5.73 Å². The molecule has 0 saturated heterocycles. The Bertz CT molecular complexity index is 392. The number of rotatable bonds is 3. The number of nitrogens with two attached hydrogens (primary N) is 1. The molecule has 0 saturated carbocycles. The van der Waals surface area contributed by atoms with Crippen molar-refractivity contribution in [3.05, 3.63) is 38.5 Å². The average Bonchev–Trinajstić information content (AvgIpc) is 2.75. The summed E-state index contributed by atoms with van der Waals surface area (Å²) in [6, 6.07) is 2.23. The lowest BCUT2D eigenvalue weighted by Crippen LogP contribution is -2.13. The minimum Gasteiger partial charge on any atom is -0.322 e. The fourth-order valence-corrected chi connectivity index (χ4v) is 2.71. The van der Waals surface area contributed by atoms with E-state index in [1.165, 1.54) is 10.4 Å². The molecule has 2 nitrogen and oxygen atoms in total. The number of aromatic nitrogens is 1. The minimum atomic E-state index is 0.0373. The van der Waals surface area contributed by atoms with Crippen molar-refractivity contribution in [2.75, 3.05) is 0 Å². The van der Waals surface area contributed by atoms with Crippen LogP contribution in [0.2, 0.25) is 0 Å². The largest absolute Gasteiger partial charge is 0.322 e. The van der Waals surface area contributed by atoms with Gasteiger partial charge >= 0.3 is 0 Å². The second-order valence-electron chi connectivity index (χ2n) is 3.29. The third-order valence-corrected chi connectivity index (χ3v) is 3.59. The Hall–Kier alpha value is -0.710. The molecule has 2 aromatic rings. The van der Waals surface area contributed by atoms with E-state index < -0.39 is 0 Å². The smallest absolute Gasteiger partial charge is 0.0795 e. The average molecular weight is 224 g/mol. The van der Waals surface area contributed by atoms with Crippen LogP contribution in [-0.2, 0) is 6.42 Å². The van der Waals surface area contributed by atoms with Gasteiger partial charge in [0.15, 0.2) is 0 Å². The molecule has 0 aliphatic rings. The van der Waals surface area contributed by atoms with Crippen LogP contribution in [0, 0.1) is 6.92 Å². The molecule has 74 valence electrons. The molecular formula is C10H12N2S2. The molecule has 4 heteroatoms. The molecule has 14 heavy (non-hydrogen) atoms. The minimum absolute atomic E-state index is 0.0373. The molecule has 2 N–H and O–H groups in total. The van der Waals surface area contributed by atoms with Crippen LogP contribution in [0.3, 0.4) is 0 Å². The second kappa shape index (κ2) is 4.21. The van der Waals surface area contributed by atoms with Gasteiger partial charge in [0.25, 0.3) is 0 Å². The summed E-state index contributed by atoms with van der Waals surface area (Å²) in [6.45, 7) is 2.11. The molecule has 0 aliphatic carbocycles. The Labute approximate surface area is 91.4 Å². The first-order chi connectivity index (χ1) is 6.75. The molecule has 2 aromatic heterocycles. The van der Waals surface area contributed by atoms with Crippen molar-refractivity contribution in [3.63, 3.8) is 0 Å². The molecule has 0 aromatic carbocycles. The molecule has 0 fully saturated rings. The highest BCUT2D eigenvalue weighted by atomic mass is 32.1. The van der Waals surface area contributed by atoms with Crippen molar-refractivity contribution < 1.29 is 0 Å².